The van der Waals surface area contributed by atoms with E-state index in [1.54, 1.807) is 23.3 Å². The zero-order valence-electron chi connectivity index (χ0n) is 14.8. The van der Waals surface area contributed by atoms with Gasteiger partial charge in [0.15, 0.2) is 0 Å². The van der Waals surface area contributed by atoms with E-state index in [9.17, 15) is 9.59 Å². The summed E-state index contributed by atoms with van der Waals surface area (Å²) >= 11 is 0. The quantitative estimate of drug-likeness (QED) is 0.735. The smallest absolute Gasteiger partial charge is 0.330 e. The van der Waals surface area contributed by atoms with Gasteiger partial charge in [-0.15, -0.1) is 0 Å². The Morgan fingerprint density at radius 2 is 1.56 bits per heavy atom. The monoisotopic (exact) mass is 348 g/mol. The molecule has 3 rings (SSSR count). The van der Waals surface area contributed by atoms with E-state index in [0.717, 1.165) is 51.4 Å². The Morgan fingerprint density at radius 3 is 2.12 bits per heavy atom. The summed E-state index contributed by atoms with van der Waals surface area (Å²) in [7, 11) is 0. The van der Waals surface area contributed by atoms with Gasteiger partial charge in [0.05, 0.1) is 12.7 Å². The van der Waals surface area contributed by atoms with E-state index < -0.39 is 6.04 Å². The van der Waals surface area contributed by atoms with Gasteiger partial charge in [0.1, 0.15) is 18.2 Å². The van der Waals surface area contributed by atoms with Gasteiger partial charge in [0.2, 0.25) is 0 Å². The molecule has 6 nitrogen and oxygen atoms in total. The molecule has 0 radical (unpaired) electrons. The second kappa shape index (κ2) is 9.02. The van der Waals surface area contributed by atoms with Gasteiger partial charge in [-0.05, 0) is 51.4 Å². The van der Waals surface area contributed by atoms with Crippen molar-refractivity contribution in [2.75, 3.05) is 0 Å². The number of hydrogen-bond acceptors (Lipinski definition) is 5. The van der Waals surface area contributed by atoms with Crippen molar-refractivity contribution in [3.8, 4) is 0 Å². The predicted octanol–water partition coefficient (Wildman–Crippen LogP) is 3.57. The molecule has 25 heavy (non-hydrogen) atoms. The largest absolute Gasteiger partial charge is 0.462 e. The van der Waals surface area contributed by atoms with Crippen molar-refractivity contribution in [3.63, 3.8) is 0 Å². The van der Waals surface area contributed by atoms with Crippen molar-refractivity contribution in [1.29, 1.82) is 0 Å². The average molecular weight is 348 g/mol. The standard InChI is InChI=1S/C19H28N2O4/c22-18(24-15-7-3-1-4-8-15)13-17(21-12-11-20-14-21)19(23)25-16-9-5-2-6-10-16/h11-12,14-17H,1-10,13H2/t17-/m0/s1. The van der Waals surface area contributed by atoms with Crippen LogP contribution in [0.2, 0.25) is 0 Å². The number of ether oxygens (including phenoxy) is 2. The number of imidazole rings is 1. The van der Waals surface area contributed by atoms with Crippen LogP contribution in [0.15, 0.2) is 18.7 Å². The van der Waals surface area contributed by atoms with Crippen molar-refractivity contribution >= 4 is 11.9 Å². The number of carbonyl (C=O) groups is 2. The lowest BCUT2D eigenvalue weighted by Crippen LogP contribution is -2.30. The second-order valence-electron chi connectivity index (χ2n) is 7.18. The predicted molar refractivity (Wildman–Crippen MR) is 91.8 cm³/mol. The van der Waals surface area contributed by atoms with Gasteiger partial charge in [0, 0.05) is 12.4 Å². The maximum Gasteiger partial charge on any atom is 0.330 e. The summed E-state index contributed by atoms with van der Waals surface area (Å²) < 4.78 is 12.9. The zero-order valence-corrected chi connectivity index (χ0v) is 14.8. The SMILES string of the molecule is O=C(C[C@@H](C(=O)OC1CCCCC1)n1ccnc1)OC1CCCCC1. The molecule has 2 aliphatic carbocycles. The summed E-state index contributed by atoms with van der Waals surface area (Å²) in [5.74, 6) is -0.684. The first-order chi connectivity index (χ1) is 12.2. The Morgan fingerprint density at radius 1 is 0.960 bits per heavy atom. The highest BCUT2D eigenvalue weighted by Crippen LogP contribution is 2.25. The van der Waals surface area contributed by atoms with Crippen molar-refractivity contribution in [3.05, 3.63) is 18.7 Å². The van der Waals surface area contributed by atoms with Crippen LogP contribution in [0.3, 0.4) is 0 Å². The summed E-state index contributed by atoms with van der Waals surface area (Å²) in [5.41, 5.74) is 0. The van der Waals surface area contributed by atoms with Crippen LogP contribution in [0.5, 0.6) is 0 Å². The molecule has 1 aromatic rings. The first kappa shape index (κ1) is 18.0. The van der Waals surface area contributed by atoms with Crippen LogP contribution in [0.1, 0.15) is 76.7 Å². The number of aromatic nitrogens is 2. The number of nitrogens with zero attached hydrogens (tertiary/aromatic N) is 2. The molecular formula is C19H28N2O4. The number of rotatable bonds is 6. The van der Waals surface area contributed by atoms with Gasteiger partial charge in [-0.2, -0.15) is 0 Å². The lowest BCUT2D eigenvalue weighted by atomic mass is 9.97. The molecule has 0 N–H and O–H groups in total. The summed E-state index contributed by atoms with van der Waals surface area (Å²) in [6.07, 6.45) is 15.3. The van der Waals surface area contributed by atoms with Gasteiger partial charge in [0.25, 0.3) is 0 Å². The molecule has 0 aliphatic heterocycles. The molecule has 1 heterocycles. The second-order valence-corrected chi connectivity index (χ2v) is 7.18. The third kappa shape index (κ3) is 5.31. The first-order valence-electron chi connectivity index (χ1n) is 9.60. The average Bonchev–Trinajstić information content (AvgIpc) is 3.15. The zero-order chi connectivity index (χ0) is 17.5. The highest BCUT2D eigenvalue weighted by Gasteiger charge is 2.30. The topological polar surface area (TPSA) is 70.4 Å². The highest BCUT2D eigenvalue weighted by atomic mass is 16.6. The van der Waals surface area contributed by atoms with Gasteiger partial charge in [-0.1, -0.05) is 12.8 Å². The van der Waals surface area contributed by atoms with E-state index in [4.69, 9.17) is 9.47 Å². The molecule has 6 heteroatoms. The molecule has 0 unspecified atom stereocenters. The summed E-state index contributed by atoms with van der Waals surface area (Å²) in [6.45, 7) is 0. The van der Waals surface area contributed by atoms with Crippen molar-refractivity contribution in [2.24, 2.45) is 0 Å². The van der Waals surface area contributed by atoms with E-state index in [-0.39, 0.29) is 30.6 Å². The molecular weight excluding hydrogens is 320 g/mol. The van der Waals surface area contributed by atoms with Gasteiger partial charge >= 0.3 is 11.9 Å². The molecule has 1 aromatic heterocycles. The van der Waals surface area contributed by atoms with E-state index in [0.29, 0.717) is 0 Å². The maximum atomic E-state index is 12.7. The normalized spacial score (nSPS) is 20.8. The Hall–Kier alpha value is -1.85. The molecule has 1 atom stereocenters. The summed E-state index contributed by atoms with van der Waals surface area (Å²) in [5, 5.41) is 0. The summed E-state index contributed by atoms with van der Waals surface area (Å²) in [4.78, 5) is 29.0. The highest BCUT2D eigenvalue weighted by molar-refractivity contribution is 5.81. The van der Waals surface area contributed by atoms with Crippen LogP contribution < -0.4 is 0 Å². The number of esters is 2. The molecule has 0 aromatic carbocycles. The van der Waals surface area contributed by atoms with Crippen LogP contribution >= 0.6 is 0 Å². The van der Waals surface area contributed by atoms with Crippen molar-refractivity contribution < 1.29 is 19.1 Å². The number of hydrogen-bond donors (Lipinski definition) is 0. The van der Waals surface area contributed by atoms with E-state index >= 15 is 0 Å². The fraction of sp³-hybridized carbons (Fsp3) is 0.737. The first-order valence-corrected chi connectivity index (χ1v) is 9.60. The van der Waals surface area contributed by atoms with Crippen LogP contribution in [0.4, 0.5) is 0 Å². The Bertz CT molecular complexity index is 546. The lowest BCUT2D eigenvalue weighted by Gasteiger charge is -2.26. The van der Waals surface area contributed by atoms with Crippen LogP contribution in [0, 0.1) is 0 Å². The maximum absolute atomic E-state index is 12.7. The van der Waals surface area contributed by atoms with Gasteiger partial charge in [-0.25, -0.2) is 9.78 Å². The lowest BCUT2D eigenvalue weighted by molar-refractivity contribution is -0.161. The van der Waals surface area contributed by atoms with Crippen molar-refractivity contribution in [1.82, 2.24) is 9.55 Å². The molecule has 2 fully saturated rings. The molecule has 0 bridgehead atoms. The molecule has 2 saturated carbocycles. The van der Waals surface area contributed by atoms with Crippen LogP contribution in [-0.4, -0.2) is 33.7 Å². The van der Waals surface area contributed by atoms with Gasteiger partial charge < -0.3 is 14.0 Å². The minimum Gasteiger partial charge on any atom is -0.462 e. The van der Waals surface area contributed by atoms with E-state index in [1.807, 2.05) is 0 Å². The number of carbonyl (C=O) groups excluding carboxylic acids is 2. The fourth-order valence-electron chi connectivity index (χ4n) is 3.76. The Labute approximate surface area is 148 Å². The molecule has 0 saturated heterocycles. The van der Waals surface area contributed by atoms with Crippen molar-refractivity contribution in [2.45, 2.75) is 88.9 Å². The molecule has 2 aliphatic rings. The Balaban J connectivity index is 1.58. The molecule has 0 spiro atoms. The van der Waals surface area contributed by atoms with Crippen LogP contribution in [0.25, 0.3) is 0 Å². The fourth-order valence-corrected chi connectivity index (χ4v) is 3.76. The van der Waals surface area contributed by atoms with E-state index in [2.05, 4.69) is 4.98 Å². The third-order valence-corrected chi connectivity index (χ3v) is 5.20. The minimum absolute atomic E-state index is 0.000878. The molecule has 138 valence electrons. The summed E-state index contributed by atoms with van der Waals surface area (Å²) in [6, 6.07) is -0.694. The molecule has 0 amide bonds. The van der Waals surface area contributed by atoms with E-state index in [1.165, 1.54) is 12.8 Å². The third-order valence-electron chi connectivity index (χ3n) is 5.20. The van der Waals surface area contributed by atoms with Crippen LogP contribution in [-0.2, 0) is 19.1 Å². The Kier molecular flexibility index (Phi) is 6.48. The minimum atomic E-state index is -0.694. The van der Waals surface area contributed by atoms with Gasteiger partial charge in [-0.3, -0.25) is 4.79 Å².